The summed E-state index contributed by atoms with van der Waals surface area (Å²) in [5, 5.41) is 3.55. The molecule has 2 aromatic rings. The molecule has 0 spiro atoms. The van der Waals surface area contributed by atoms with E-state index in [1.807, 2.05) is 44.2 Å². The number of carbonyl (C=O) groups is 1. The summed E-state index contributed by atoms with van der Waals surface area (Å²) in [6.45, 7) is 3.94. The van der Waals surface area contributed by atoms with Crippen molar-refractivity contribution in [3.05, 3.63) is 65.2 Å². The quantitative estimate of drug-likeness (QED) is 0.757. The Kier molecular flexibility index (Phi) is 7.13. The normalized spacial score (nSPS) is 13.1. The van der Waals surface area contributed by atoms with Crippen molar-refractivity contribution in [2.24, 2.45) is 0 Å². The molecule has 0 aliphatic rings. The summed E-state index contributed by atoms with van der Waals surface area (Å²) in [5.41, 5.74) is 1.28. The van der Waals surface area contributed by atoms with Crippen LogP contribution in [-0.2, 0) is 11.2 Å². The number of para-hydroxylation sites is 1. The van der Waals surface area contributed by atoms with E-state index in [1.165, 1.54) is 5.56 Å². The molecule has 0 radical (unpaired) electrons. The maximum Gasteiger partial charge on any atom is 0.261 e. The van der Waals surface area contributed by atoms with Gasteiger partial charge in [0.25, 0.3) is 5.91 Å². The van der Waals surface area contributed by atoms with Gasteiger partial charge < -0.3 is 10.1 Å². The van der Waals surface area contributed by atoms with Crippen LogP contribution in [0.5, 0.6) is 5.75 Å². The van der Waals surface area contributed by atoms with E-state index in [0.29, 0.717) is 17.2 Å². The fraction of sp³-hybridized carbons (Fsp3) is 0.350. The number of hydrogen-bond acceptors (Lipinski definition) is 2. The van der Waals surface area contributed by atoms with Crippen molar-refractivity contribution in [3.63, 3.8) is 0 Å². The molecular formula is C20H24ClNO2. The summed E-state index contributed by atoms with van der Waals surface area (Å²) in [4.78, 5) is 12.4. The smallest absolute Gasteiger partial charge is 0.261 e. The van der Waals surface area contributed by atoms with E-state index in [-0.39, 0.29) is 11.9 Å². The van der Waals surface area contributed by atoms with Crippen molar-refractivity contribution in [1.29, 1.82) is 0 Å². The van der Waals surface area contributed by atoms with Gasteiger partial charge in [-0.1, -0.05) is 61.0 Å². The Morgan fingerprint density at radius 2 is 1.79 bits per heavy atom. The van der Waals surface area contributed by atoms with Crippen LogP contribution in [0.2, 0.25) is 5.02 Å². The van der Waals surface area contributed by atoms with Crippen molar-refractivity contribution in [1.82, 2.24) is 5.32 Å². The van der Waals surface area contributed by atoms with Gasteiger partial charge in [0.1, 0.15) is 5.75 Å². The van der Waals surface area contributed by atoms with Crippen LogP contribution >= 0.6 is 11.6 Å². The molecule has 0 bridgehead atoms. The summed E-state index contributed by atoms with van der Waals surface area (Å²) >= 11 is 6.10. The lowest BCUT2D eigenvalue weighted by molar-refractivity contribution is -0.128. The van der Waals surface area contributed by atoms with Crippen LogP contribution in [0.3, 0.4) is 0 Å². The SMILES string of the molecule is CC[C@H](Oc1ccccc1Cl)C(=O)N[C@@H](C)CCc1ccccc1. The Morgan fingerprint density at radius 3 is 2.46 bits per heavy atom. The lowest BCUT2D eigenvalue weighted by atomic mass is 10.1. The Labute approximate surface area is 149 Å². The van der Waals surface area contributed by atoms with Crippen LogP contribution in [-0.4, -0.2) is 18.1 Å². The second kappa shape index (κ2) is 9.33. The summed E-state index contributed by atoms with van der Waals surface area (Å²) < 4.78 is 5.78. The van der Waals surface area contributed by atoms with Gasteiger partial charge in [-0.25, -0.2) is 0 Å². The van der Waals surface area contributed by atoms with Gasteiger partial charge in [0.05, 0.1) is 5.02 Å². The number of nitrogens with one attached hydrogen (secondary N) is 1. The number of amides is 1. The van der Waals surface area contributed by atoms with E-state index < -0.39 is 6.10 Å². The van der Waals surface area contributed by atoms with Gasteiger partial charge in [0.2, 0.25) is 0 Å². The highest BCUT2D eigenvalue weighted by Gasteiger charge is 2.20. The molecule has 3 nitrogen and oxygen atoms in total. The van der Waals surface area contributed by atoms with E-state index in [1.54, 1.807) is 12.1 Å². The van der Waals surface area contributed by atoms with Crippen molar-refractivity contribution in [2.45, 2.75) is 45.3 Å². The van der Waals surface area contributed by atoms with Crippen LogP contribution in [0.25, 0.3) is 0 Å². The van der Waals surface area contributed by atoms with E-state index in [2.05, 4.69) is 17.4 Å². The van der Waals surface area contributed by atoms with Crippen molar-refractivity contribution >= 4 is 17.5 Å². The van der Waals surface area contributed by atoms with Gasteiger partial charge >= 0.3 is 0 Å². The lowest BCUT2D eigenvalue weighted by Gasteiger charge is -2.21. The summed E-state index contributed by atoms with van der Waals surface area (Å²) in [7, 11) is 0. The molecule has 0 aliphatic heterocycles. The minimum absolute atomic E-state index is 0.0848. The zero-order chi connectivity index (χ0) is 17.4. The average Bonchev–Trinajstić information content (AvgIpc) is 2.60. The predicted molar refractivity (Wildman–Crippen MR) is 98.5 cm³/mol. The third-order valence-corrected chi connectivity index (χ3v) is 4.18. The number of hydrogen-bond donors (Lipinski definition) is 1. The third kappa shape index (κ3) is 5.57. The number of halogens is 1. The predicted octanol–water partition coefficient (Wildman–Crippen LogP) is 4.63. The second-order valence-electron chi connectivity index (χ2n) is 5.88. The van der Waals surface area contributed by atoms with Gasteiger partial charge in [-0.2, -0.15) is 0 Å². The third-order valence-electron chi connectivity index (χ3n) is 3.87. The summed E-state index contributed by atoms with van der Waals surface area (Å²) in [6, 6.07) is 17.6. The van der Waals surface area contributed by atoms with Gasteiger partial charge in [-0.15, -0.1) is 0 Å². The van der Waals surface area contributed by atoms with Gasteiger partial charge in [0, 0.05) is 6.04 Å². The Hall–Kier alpha value is -2.00. The van der Waals surface area contributed by atoms with Crippen LogP contribution in [0.15, 0.2) is 54.6 Å². The van der Waals surface area contributed by atoms with E-state index in [0.717, 1.165) is 12.8 Å². The minimum Gasteiger partial charge on any atom is -0.479 e. The summed E-state index contributed by atoms with van der Waals surface area (Å²) in [6.07, 6.45) is 1.87. The highest BCUT2D eigenvalue weighted by Crippen LogP contribution is 2.24. The molecule has 2 aromatic carbocycles. The van der Waals surface area contributed by atoms with E-state index in [9.17, 15) is 4.79 Å². The van der Waals surface area contributed by atoms with Crippen molar-refractivity contribution in [3.8, 4) is 5.75 Å². The highest BCUT2D eigenvalue weighted by atomic mass is 35.5. The van der Waals surface area contributed by atoms with E-state index in [4.69, 9.17) is 16.3 Å². The van der Waals surface area contributed by atoms with Gasteiger partial charge in [0.15, 0.2) is 6.10 Å². The molecule has 0 unspecified atom stereocenters. The lowest BCUT2D eigenvalue weighted by Crippen LogP contribution is -2.42. The van der Waals surface area contributed by atoms with Gasteiger partial charge in [-0.3, -0.25) is 4.79 Å². The Balaban J connectivity index is 1.85. The molecule has 0 saturated carbocycles. The molecule has 0 fully saturated rings. The average molecular weight is 346 g/mol. The molecular weight excluding hydrogens is 322 g/mol. The molecule has 0 aliphatic carbocycles. The number of ether oxygens (including phenoxy) is 1. The molecule has 24 heavy (non-hydrogen) atoms. The van der Waals surface area contributed by atoms with Crippen molar-refractivity contribution in [2.75, 3.05) is 0 Å². The molecule has 0 saturated heterocycles. The maximum atomic E-state index is 12.4. The number of carbonyl (C=O) groups excluding carboxylic acids is 1. The maximum absolute atomic E-state index is 12.4. The first-order chi connectivity index (χ1) is 11.6. The number of aryl methyl sites for hydroxylation is 1. The van der Waals surface area contributed by atoms with Crippen LogP contribution in [0.1, 0.15) is 32.3 Å². The van der Waals surface area contributed by atoms with Crippen LogP contribution in [0, 0.1) is 0 Å². The first-order valence-electron chi connectivity index (χ1n) is 8.35. The highest BCUT2D eigenvalue weighted by molar-refractivity contribution is 6.32. The van der Waals surface area contributed by atoms with Crippen LogP contribution < -0.4 is 10.1 Å². The molecule has 2 rings (SSSR count). The summed E-state index contributed by atoms with van der Waals surface area (Å²) in [5.74, 6) is 0.441. The fourth-order valence-electron chi connectivity index (χ4n) is 2.45. The molecule has 4 heteroatoms. The number of rotatable bonds is 8. The Morgan fingerprint density at radius 1 is 1.12 bits per heavy atom. The van der Waals surface area contributed by atoms with Crippen LogP contribution in [0.4, 0.5) is 0 Å². The topological polar surface area (TPSA) is 38.3 Å². The molecule has 0 aromatic heterocycles. The first kappa shape index (κ1) is 18.3. The van der Waals surface area contributed by atoms with Gasteiger partial charge in [-0.05, 0) is 43.9 Å². The Bertz CT molecular complexity index is 645. The first-order valence-corrected chi connectivity index (χ1v) is 8.73. The molecule has 128 valence electrons. The molecule has 1 N–H and O–H groups in total. The van der Waals surface area contributed by atoms with Crippen molar-refractivity contribution < 1.29 is 9.53 Å². The zero-order valence-corrected chi connectivity index (χ0v) is 14.9. The second-order valence-corrected chi connectivity index (χ2v) is 6.29. The zero-order valence-electron chi connectivity index (χ0n) is 14.2. The monoisotopic (exact) mass is 345 g/mol. The fourth-order valence-corrected chi connectivity index (χ4v) is 2.63. The minimum atomic E-state index is -0.538. The molecule has 1 amide bonds. The van der Waals surface area contributed by atoms with E-state index >= 15 is 0 Å². The largest absolute Gasteiger partial charge is 0.479 e. The molecule has 0 heterocycles. The number of benzene rings is 2. The molecule has 2 atom stereocenters. The standard InChI is InChI=1S/C20H24ClNO2/c1-3-18(24-19-12-8-7-11-17(19)21)20(23)22-15(2)13-14-16-9-5-4-6-10-16/h4-12,15,18H,3,13-14H2,1-2H3,(H,22,23)/t15-,18-/m0/s1.